The van der Waals surface area contributed by atoms with Gasteiger partial charge < -0.3 is 20.3 Å². The largest absolute Gasteiger partial charge is 0.368 e. The number of amides is 2. The molecule has 7 heteroatoms. The third-order valence-electron chi connectivity index (χ3n) is 5.56. The van der Waals surface area contributed by atoms with Gasteiger partial charge in [0.2, 0.25) is 5.91 Å². The van der Waals surface area contributed by atoms with Crippen molar-refractivity contribution in [1.82, 2.24) is 15.5 Å². The van der Waals surface area contributed by atoms with Crippen LogP contribution in [0.2, 0.25) is 0 Å². The Labute approximate surface area is 167 Å². The molecule has 3 rings (SSSR count). The van der Waals surface area contributed by atoms with E-state index in [1.165, 1.54) is 5.56 Å². The van der Waals surface area contributed by atoms with E-state index in [-0.39, 0.29) is 30.3 Å². The van der Waals surface area contributed by atoms with Crippen LogP contribution in [0.4, 0.5) is 0 Å². The molecule has 2 saturated heterocycles. The SMILES string of the molecule is COC1(C(=O)NC2CCN(C(=O)CCc3ccccc3)C2)CCNCC1.Cl. The van der Waals surface area contributed by atoms with Crippen molar-refractivity contribution in [2.24, 2.45) is 0 Å². The second-order valence-electron chi connectivity index (χ2n) is 7.23. The van der Waals surface area contributed by atoms with Crippen LogP contribution in [0.3, 0.4) is 0 Å². The van der Waals surface area contributed by atoms with E-state index in [1.807, 2.05) is 35.2 Å². The van der Waals surface area contributed by atoms with Crippen molar-refractivity contribution in [2.45, 2.75) is 43.7 Å². The standard InChI is InChI=1S/C20H29N3O3.ClH/c1-26-20(10-12-21-13-11-20)19(25)22-17-9-14-23(15-17)18(24)8-7-16-5-3-2-4-6-16;/h2-6,17,21H,7-15H2,1H3,(H,22,25);1H. The number of piperidine rings is 1. The number of rotatable bonds is 6. The Kier molecular flexibility index (Phi) is 8.07. The van der Waals surface area contributed by atoms with Crippen LogP contribution in [0.5, 0.6) is 0 Å². The molecule has 0 bridgehead atoms. The lowest BCUT2D eigenvalue weighted by atomic mass is 9.90. The first-order chi connectivity index (χ1) is 12.6. The van der Waals surface area contributed by atoms with E-state index in [0.717, 1.165) is 25.9 Å². The Bertz CT molecular complexity index is 620. The second kappa shape index (κ2) is 10.1. The summed E-state index contributed by atoms with van der Waals surface area (Å²) < 4.78 is 5.58. The number of benzene rings is 1. The molecule has 1 unspecified atom stereocenters. The molecule has 2 N–H and O–H groups in total. The molecule has 0 spiro atoms. The van der Waals surface area contributed by atoms with Gasteiger partial charge in [-0.1, -0.05) is 30.3 Å². The third kappa shape index (κ3) is 5.43. The fourth-order valence-corrected chi connectivity index (χ4v) is 3.83. The van der Waals surface area contributed by atoms with Crippen molar-refractivity contribution in [2.75, 3.05) is 33.3 Å². The highest BCUT2D eigenvalue weighted by Gasteiger charge is 2.41. The molecule has 2 amide bonds. The number of hydrogen-bond acceptors (Lipinski definition) is 4. The van der Waals surface area contributed by atoms with Gasteiger partial charge in [0, 0.05) is 32.7 Å². The first kappa shape index (κ1) is 21.7. The fraction of sp³-hybridized carbons (Fsp3) is 0.600. The zero-order valence-corrected chi connectivity index (χ0v) is 16.7. The maximum atomic E-state index is 12.7. The van der Waals surface area contributed by atoms with Crippen molar-refractivity contribution >= 4 is 24.2 Å². The molecule has 27 heavy (non-hydrogen) atoms. The van der Waals surface area contributed by atoms with E-state index < -0.39 is 5.60 Å². The number of nitrogens with zero attached hydrogens (tertiary/aromatic N) is 1. The van der Waals surface area contributed by atoms with Gasteiger partial charge in [0.1, 0.15) is 5.60 Å². The Morgan fingerprint density at radius 1 is 1.26 bits per heavy atom. The first-order valence-electron chi connectivity index (χ1n) is 9.51. The molecule has 2 fully saturated rings. The van der Waals surface area contributed by atoms with Crippen LogP contribution >= 0.6 is 12.4 Å². The number of halogens is 1. The van der Waals surface area contributed by atoms with Gasteiger partial charge in [0.25, 0.3) is 5.91 Å². The summed E-state index contributed by atoms with van der Waals surface area (Å²) in [5.74, 6) is 0.124. The summed E-state index contributed by atoms with van der Waals surface area (Å²) in [4.78, 5) is 27.0. The van der Waals surface area contributed by atoms with Gasteiger partial charge in [-0.15, -0.1) is 12.4 Å². The molecular weight excluding hydrogens is 366 g/mol. The van der Waals surface area contributed by atoms with Gasteiger partial charge in [-0.3, -0.25) is 9.59 Å². The Morgan fingerprint density at radius 3 is 2.63 bits per heavy atom. The monoisotopic (exact) mass is 395 g/mol. The van der Waals surface area contributed by atoms with Crippen LogP contribution in [0.15, 0.2) is 30.3 Å². The highest BCUT2D eigenvalue weighted by molar-refractivity contribution is 5.86. The minimum Gasteiger partial charge on any atom is -0.368 e. The molecule has 1 atom stereocenters. The summed E-state index contributed by atoms with van der Waals surface area (Å²) in [5.41, 5.74) is 0.452. The Morgan fingerprint density at radius 2 is 1.96 bits per heavy atom. The average molecular weight is 396 g/mol. The zero-order chi connectivity index (χ0) is 18.4. The maximum absolute atomic E-state index is 12.7. The molecule has 1 aromatic carbocycles. The summed E-state index contributed by atoms with van der Waals surface area (Å²) in [6, 6.07) is 10.1. The van der Waals surface area contributed by atoms with Gasteiger partial charge in [-0.05, 0) is 44.3 Å². The summed E-state index contributed by atoms with van der Waals surface area (Å²) >= 11 is 0. The highest BCUT2D eigenvalue weighted by Crippen LogP contribution is 2.23. The lowest BCUT2D eigenvalue weighted by Gasteiger charge is -2.35. The van der Waals surface area contributed by atoms with Gasteiger partial charge >= 0.3 is 0 Å². The van der Waals surface area contributed by atoms with Gasteiger partial charge in [-0.2, -0.15) is 0 Å². The Hall–Kier alpha value is -1.63. The maximum Gasteiger partial charge on any atom is 0.252 e. The van der Waals surface area contributed by atoms with E-state index in [4.69, 9.17) is 4.74 Å². The normalized spacial score (nSPS) is 21.4. The van der Waals surface area contributed by atoms with Crippen LogP contribution in [-0.2, 0) is 20.7 Å². The minimum atomic E-state index is -0.726. The molecule has 2 aliphatic rings. The van der Waals surface area contributed by atoms with Gasteiger partial charge in [0.15, 0.2) is 0 Å². The van der Waals surface area contributed by atoms with Crippen LogP contribution < -0.4 is 10.6 Å². The van der Waals surface area contributed by atoms with E-state index in [0.29, 0.717) is 32.4 Å². The van der Waals surface area contributed by atoms with E-state index >= 15 is 0 Å². The van der Waals surface area contributed by atoms with Crippen molar-refractivity contribution in [3.05, 3.63) is 35.9 Å². The summed E-state index contributed by atoms with van der Waals surface area (Å²) in [7, 11) is 1.61. The summed E-state index contributed by atoms with van der Waals surface area (Å²) in [6.45, 7) is 2.88. The topological polar surface area (TPSA) is 70.7 Å². The van der Waals surface area contributed by atoms with Crippen LogP contribution in [0.1, 0.15) is 31.2 Å². The van der Waals surface area contributed by atoms with Crippen molar-refractivity contribution in [3.63, 3.8) is 0 Å². The molecule has 1 aromatic rings. The summed E-state index contributed by atoms with van der Waals surface area (Å²) in [6.07, 6.45) is 3.44. The van der Waals surface area contributed by atoms with Crippen molar-refractivity contribution in [3.8, 4) is 0 Å². The first-order valence-corrected chi connectivity index (χ1v) is 9.51. The van der Waals surface area contributed by atoms with Gasteiger partial charge in [0.05, 0.1) is 0 Å². The quantitative estimate of drug-likeness (QED) is 0.766. The number of likely N-dealkylation sites (tertiary alicyclic amines) is 1. The van der Waals surface area contributed by atoms with Gasteiger partial charge in [-0.25, -0.2) is 0 Å². The molecule has 6 nitrogen and oxygen atoms in total. The molecule has 0 radical (unpaired) electrons. The molecule has 2 aliphatic heterocycles. The number of hydrogen-bond donors (Lipinski definition) is 2. The van der Waals surface area contributed by atoms with Crippen molar-refractivity contribution in [1.29, 1.82) is 0 Å². The van der Waals surface area contributed by atoms with Crippen LogP contribution in [-0.4, -0.2) is 61.6 Å². The third-order valence-corrected chi connectivity index (χ3v) is 5.56. The average Bonchev–Trinajstić information content (AvgIpc) is 3.16. The smallest absolute Gasteiger partial charge is 0.252 e. The number of nitrogens with one attached hydrogen (secondary N) is 2. The molecule has 2 heterocycles. The van der Waals surface area contributed by atoms with Crippen molar-refractivity contribution < 1.29 is 14.3 Å². The highest BCUT2D eigenvalue weighted by atomic mass is 35.5. The van der Waals surface area contributed by atoms with Crippen LogP contribution in [0.25, 0.3) is 0 Å². The predicted octanol–water partition coefficient (Wildman–Crippen LogP) is 1.53. The molecule has 0 aromatic heterocycles. The lowest BCUT2D eigenvalue weighted by molar-refractivity contribution is -0.147. The zero-order valence-electron chi connectivity index (χ0n) is 15.9. The predicted molar refractivity (Wildman–Crippen MR) is 107 cm³/mol. The van der Waals surface area contributed by atoms with E-state index in [2.05, 4.69) is 10.6 Å². The molecule has 150 valence electrons. The summed E-state index contributed by atoms with van der Waals surface area (Å²) in [5, 5.41) is 6.37. The molecule has 0 aliphatic carbocycles. The number of carbonyl (C=O) groups excluding carboxylic acids is 2. The lowest BCUT2D eigenvalue weighted by Crippen LogP contribution is -2.56. The fourth-order valence-electron chi connectivity index (χ4n) is 3.83. The minimum absolute atomic E-state index is 0. The van der Waals surface area contributed by atoms with Crippen LogP contribution in [0, 0.1) is 0 Å². The van der Waals surface area contributed by atoms with E-state index in [9.17, 15) is 9.59 Å². The Balaban J connectivity index is 0.00000261. The number of carbonyl (C=O) groups is 2. The number of aryl methyl sites for hydroxylation is 1. The molecular formula is C20H30ClN3O3. The van der Waals surface area contributed by atoms with E-state index in [1.54, 1.807) is 7.11 Å². The number of methoxy groups -OCH3 is 1. The number of ether oxygens (including phenoxy) is 1. The second-order valence-corrected chi connectivity index (χ2v) is 7.23. The molecule has 0 saturated carbocycles.